The van der Waals surface area contributed by atoms with E-state index in [9.17, 15) is 26.3 Å². The predicted octanol–water partition coefficient (Wildman–Crippen LogP) is 6.39. The number of hydrogen-bond donors (Lipinski definition) is 1. The number of pyridine rings is 1. The van der Waals surface area contributed by atoms with Crippen molar-refractivity contribution in [3.63, 3.8) is 0 Å². The number of nitrogens with one attached hydrogen (secondary N) is 1. The van der Waals surface area contributed by atoms with Crippen LogP contribution in [0.4, 0.5) is 26.3 Å². The third kappa shape index (κ3) is 5.08. The summed E-state index contributed by atoms with van der Waals surface area (Å²) in [6.07, 6.45) is -5.93. The Labute approximate surface area is 209 Å². The van der Waals surface area contributed by atoms with Crippen LogP contribution in [0.1, 0.15) is 24.0 Å². The van der Waals surface area contributed by atoms with E-state index in [2.05, 4.69) is 27.0 Å². The van der Waals surface area contributed by atoms with E-state index in [1.165, 1.54) is 12.3 Å². The summed E-state index contributed by atoms with van der Waals surface area (Å²) < 4.78 is 92.1. The zero-order chi connectivity index (χ0) is 26.5. The van der Waals surface area contributed by atoms with Crippen LogP contribution in [0, 0.1) is 0 Å². The maximum atomic E-state index is 13.8. The van der Waals surface area contributed by atoms with Crippen molar-refractivity contribution in [1.82, 2.24) is 24.8 Å². The van der Waals surface area contributed by atoms with E-state index in [0.717, 1.165) is 40.9 Å². The number of halogens is 7. The third-order valence-electron chi connectivity index (χ3n) is 5.66. The third-order valence-corrected chi connectivity index (χ3v) is 5.94. The fourth-order valence-electron chi connectivity index (χ4n) is 3.87. The Morgan fingerprint density at radius 1 is 1.11 bits per heavy atom. The van der Waals surface area contributed by atoms with Crippen LogP contribution in [0.5, 0.6) is 5.75 Å². The van der Waals surface area contributed by atoms with Crippen LogP contribution in [0.3, 0.4) is 0 Å². The zero-order valence-electron chi connectivity index (χ0n) is 18.6. The largest absolute Gasteiger partial charge is 0.491 e. The smallest absolute Gasteiger partial charge is 0.419 e. The van der Waals surface area contributed by atoms with Crippen LogP contribution in [0.2, 0.25) is 5.02 Å². The van der Waals surface area contributed by atoms with Gasteiger partial charge in [0.15, 0.2) is 5.65 Å². The normalized spacial score (nSPS) is 16.4. The molecule has 0 saturated carbocycles. The van der Waals surface area contributed by atoms with E-state index in [1.807, 2.05) is 0 Å². The summed E-state index contributed by atoms with van der Waals surface area (Å²) in [5.74, 6) is -0.754. The Balaban J connectivity index is 1.43. The quantitative estimate of drug-likeness (QED) is 0.294. The lowest BCUT2D eigenvalue weighted by Gasteiger charge is -2.17. The highest BCUT2D eigenvalue weighted by Gasteiger charge is 2.36. The molecule has 0 bridgehead atoms. The van der Waals surface area contributed by atoms with Gasteiger partial charge in [0.05, 0.1) is 22.2 Å². The average molecular weight is 544 g/mol. The highest BCUT2D eigenvalue weighted by molar-refractivity contribution is 6.33. The lowest BCUT2D eigenvalue weighted by molar-refractivity contribution is -0.139. The molecule has 0 aliphatic carbocycles. The SMILES string of the molecule is C=C1CC[C@H](COc2ccc(-c3nc(-c4cn5cc(C(F)(F)F)cc(Cl)c5n4)no3)cc2C(F)(F)F)N1. The molecule has 37 heavy (non-hydrogen) atoms. The Morgan fingerprint density at radius 2 is 1.89 bits per heavy atom. The van der Waals surface area contributed by atoms with Crippen LogP contribution in [0.15, 0.2) is 53.5 Å². The molecule has 194 valence electrons. The average Bonchev–Trinajstić information content (AvgIpc) is 3.55. The van der Waals surface area contributed by atoms with Gasteiger partial charge in [0.1, 0.15) is 18.1 Å². The maximum absolute atomic E-state index is 13.8. The number of allylic oxidation sites excluding steroid dienone is 1. The first kappa shape index (κ1) is 24.9. The molecule has 7 nitrogen and oxygen atoms in total. The number of imidazole rings is 1. The second-order valence-electron chi connectivity index (χ2n) is 8.36. The molecular weight excluding hydrogens is 528 g/mol. The molecule has 1 saturated heterocycles. The molecule has 4 heterocycles. The van der Waals surface area contributed by atoms with E-state index < -0.39 is 23.5 Å². The van der Waals surface area contributed by atoms with Crippen molar-refractivity contribution in [2.45, 2.75) is 31.2 Å². The predicted molar refractivity (Wildman–Crippen MR) is 120 cm³/mol. The minimum Gasteiger partial charge on any atom is -0.491 e. The lowest BCUT2D eigenvalue weighted by Crippen LogP contribution is -2.27. The number of fused-ring (bicyclic) bond motifs is 1. The number of aromatic nitrogens is 4. The molecule has 3 aromatic heterocycles. The second kappa shape index (κ2) is 8.98. The van der Waals surface area contributed by atoms with Crippen LogP contribution < -0.4 is 10.1 Å². The second-order valence-corrected chi connectivity index (χ2v) is 8.77. The van der Waals surface area contributed by atoms with E-state index in [0.29, 0.717) is 6.42 Å². The summed E-state index contributed by atoms with van der Waals surface area (Å²) in [4.78, 5) is 8.19. The monoisotopic (exact) mass is 543 g/mol. The first-order valence-corrected chi connectivity index (χ1v) is 11.1. The Morgan fingerprint density at radius 3 is 2.57 bits per heavy atom. The highest BCUT2D eigenvalue weighted by atomic mass is 35.5. The first-order chi connectivity index (χ1) is 17.4. The van der Waals surface area contributed by atoms with Gasteiger partial charge in [0.25, 0.3) is 5.89 Å². The number of benzene rings is 1. The molecule has 14 heteroatoms. The van der Waals surface area contributed by atoms with Gasteiger partial charge in [0.2, 0.25) is 5.82 Å². The van der Waals surface area contributed by atoms with Crippen LogP contribution in [-0.4, -0.2) is 32.2 Å². The highest BCUT2D eigenvalue weighted by Crippen LogP contribution is 2.39. The number of nitrogens with zero attached hydrogens (tertiary/aromatic N) is 4. The summed E-state index contributed by atoms with van der Waals surface area (Å²) in [7, 11) is 0. The first-order valence-electron chi connectivity index (χ1n) is 10.8. The van der Waals surface area contributed by atoms with E-state index in [-0.39, 0.29) is 52.0 Å². The van der Waals surface area contributed by atoms with Crippen molar-refractivity contribution in [3.05, 3.63) is 65.1 Å². The molecule has 1 atom stereocenters. The summed E-state index contributed by atoms with van der Waals surface area (Å²) in [6.45, 7) is 3.81. The number of alkyl halides is 6. The minimum absolute atomic E-state index is 0.0113. The fraction of sp³-hybridized carbons (Fsp3) is 0.261. The molecule has 1 aliphatic heterocycles. The molecule has 4 aromatic rings. The van der Waals surface area contributed by atoms with Gasteiger partial charge in [-0.3, -0.25) is 0 Å². The molecule has 1 aliphatic rings. The van der Waals surface area contributed by atoms with Crippen molar-refractivity contribution in [2.24, 2.45) is 0 Å². The van der Waals surface area contributed by atoms with Gasteiger partial charge in [-0.2, -0.15) is 31.3 Å². The molecule has 0 amide bonds. The molecule has 0 unspecified atom stereocenters. The van der Waals surface area contributed by atoms with Crippen molar-refractivity contribution in [1.29, 1.82) is 0 Å². The Hall–Kier alpha value is -3.74. The molecule has 0 radical (unpaired) electrons. The topological polar surface area (TPSA) is 77.5 Å². The van der Waals surface area contributed by atoms with E-state index in [1.54, 1.807) is 0 Å². The van der Waals surface area contributed by atoms with Crippen LogP contribution >= 0.6 is 11.6 Å². The standard InChI is InChI=1S/C23H16ClF6N5O2/c1-11-2-4-14(31-11)10-36-18-5-3-12(6-15(18)23(28,29)30)21-33-19(34-37-21)17-9-35-8-13(22(25,26)27)7-16(24)20(35)32-17/h3,5-9,14,31H,1-2,4,10H2/t14-/m1/s1. The maximum Gasteiger partial charge on any atom is 0.419 e. The minimum atomic E-state index is -4.73. The fourth-order valence-corrected chi connectivity index (χ4v) is 4.13. The van der Waals surface area contributed by atoms with Gasteiger partial charge in [-0.15, -0.1) is 0 Å². The van der Waals surface area contributed by atoms with Gasteiger partial charge in [-0.1, -0.05) is 23.3 Å². The van der Waals surface area contributed by atoms with Gasteiger partial charge in [-0.05, 0) is 37.1 Å². The summed E-state index contributed by atoms with van der Waals surface area (Å²) >= 11 is 5.95. The van der Waals surface area contributed by atoms with Gasteiger partial charge in [-0.25, -0.2) is 4.98 Å². The van der Waals surface area contributed by atoms with E-state index in [4.69, 9.17) is 20.9 Å². The van der Waals surface area contributed by atoms with Crippen LogP contribution in [-0.2, 0) is 12.4 Å². The zero-order valence-corrected chi connectivity index (χ0v) is 19.4. The molecule has 1 fully saturated rings. The summed E-state index contributed by atoms with van der Waals surface area (Å²) in [6, 6.07) is 3.91. The molecular formula is C23H16ClF6N5O2. The molecule has 0 spiro atoms. The van der Waals surface area contributed by atoms with Gasteiger partial charge >= 0.3 is 12.4 Å². The molecule has 5 rings (SSSR count). The Bertz CT molecular complexity index is 1490. The van der Waals surface area contributed by atoms with Gasteiger partial charge < -0.3 is 19.0 Å². The van der Waals surface area contributed by atoms with Crippen molar-refractivity contribution in [2.75, 3.05) is 6.61 Å². The molecule has 1 N–H and O–H groups in total. The lowest BCUT2D eigenvalue weighted by atomic mass is 10.1. The summed E-state index contributed by atoms with van der Waals surface area (Å²) in [5.41, 5.74) is -1.22. The number of rotatable bonds is 5. The van der Waals surface area contributed by atoms with Crippen molar-refractivity contribution >= 4 is 17.2 Å². The van der Waals surface area contributed by atoms with Gasteiger partial charge in [0, 0.05) is 23.7 Å². The van der Waals surface area contributed by atoms with Crippen molar-refractivity contribution in [3.8, 4) is 28.7 Å². The molecule has 1 aromatic carbocycles. The van der Waals surface area contributed by atoms with E-state index >= 15 is 0 Å². The van der Waals surface area contributed by atoms with Crippen LogP contribution in [0.25, 0.3) is 28.6 Å². The Kier molecular flexibility index (Phi) is 6.05. The number of ether oxygens (including phenoxy) is 1. The number of hydrogen-bond acceptors (Lipinski definition) is 6. The summed E-state index contributed by atoms with van der Waals surface area (Å²) in [5, 5.41) is 6.51. The van der Waals surface area contributed by atoms with Crippen molar-refractivity contribution < 1.29 is 35.6 Å².